The van der Waals surface area contributed by atoms with E-state index in [1.54, 1.807) is 6.07 Å². The SMILES string of the molecule is CC(CCN)Cc1cccc(F)c1Cl. The lowest BCUT2D eigenvalue weighted by Gasteiger charge is -2.11. The predicted molar refractivity (Wildman–Crippen MR) is 57.9 cm³/mol. The molecule has 78 valence electrons. The first-order chi connectivity index (χ1) is 6.65. The van der Waals surface area contributed by atoms with E-state index in [9.17, 15) is 4.39 Å². The third kappa shape index (κ3) is 2.96. The second kappa shape index (κ2) is 5.32. The Kier molecular flexibility index (Phi) is 4.36. The maximum atomic E-state index is 13.1. The van der Waals surface area contributed by atoms with Gasteiger partial charge in [0.15, 0.2) is 0 Å². The van der Waals surface area contributed by atoms with Crippen molar-refractivity contribution in [3.05, 3.63) is 34.6 Å². The van der Waals surface area contributed by atoms with E-state index in [1.807, 2.05) is 6.07 Å². The van der Waals surface area contributed by atoms with Gasteiger partial charge < -0.3 is 5.73 Å². The van der Waals surface area contributed by atoms with Crippen LogP contribution in [0.3, 0.4) is 0 Å². The summed E-state index contributed by atoms with van der Waals surface area (Å²) in [6, 6.07) is 4.92. The quantitative estimate of drug-likeness (QED) is 0.821. The van der Waals surface area contributed by atoms with Crippen molar-refractivity contribution >= 4 is 11.6 Å². The Bertz CT molecular complexity index is 301. The summed E-state index contributed by atoms with van der Waals surface area (Å²) in [6.07, 6.45) is 1.72. The summed E-state index contributed by atoms with van der Waals surface area (Å²) < 4.78 is 13.1. The summed E-state index contributed by atoms with van der Waals surface area (Å²) in [6.45, 7) is 2.75. The van der Waals surface area contributed by atoms with Gasteiger partial charge in [-0.15, -0.1) is 0 Å². The number of hydrogen-bond acceptors (Lipinski definition) is 1. The number of hydrogen-bond donors (Lipinski definition) is 1. The highest BCUT2D eigenvalue weighted by Crippen LogP contribution is 2.22. The van der Waals surface area contributed by atoms with Gasteiger partial charge in [0.2, 0.25) is 0 Å². The van der Waals surface area contributed by atoms with Gasteiger partial charge in [0.05, 0.1) is 5.02 Å². The highest BCUT2D eigenvalue weighted by molar-refractivity contribution is 6.31. The molecular formula is C11H15ClFN. The average Bonchev–Trinajstić information content (AvgIpc) is 2.13. The molecule has 1 rings (SSSR count). The van der Waals surface area contributed by atoms with Crippen LogP contribution in [-0.2, 0) is 6.42 Å². The second-order valence-electron chi connectivity index (χ2n) is 3.60. The lowest BCUT2D eigenvalue weighted by Crippen LogP contribution is -2.08. The maximum absolute atomic E-state index is 13.1. The van der Waals surface area contributed by atoms with E-state index in [4.69, 9.17) is 17.3 Å². The third-order valence-electron chi connectivity index (χ3n) is 2.26. The van der Waals surface area contributed by atoms with Crippen LogP contribution in [0.25, 0.3) is 0 Å². The van der Waals surface area contributed by atoms with E-state index >= 15 is 0 Å². The lowest BCUT2D eigenvalue weighted by atomic mass is 9.98. The summed E-state index contributed by atoms with van der Waals surface area (Å²) in [5, 5.41) is 0.247. The smallest absolute Gasteiger partial charge is 0.142 e. The van der Waals surface area contributed by atoms with Crippen LogP contribution in [0.2, 0.25) is 5.02 Å². The Balaban J connectivity index is 2.71. The molecule has 1 atom stereocenters. The van der Waals surface area contributed by atoms with Crippen molar-refractivity contribution in [1.82, 2.24) is 0 Å². The molecule has 1 aromatic carbocycles. The van der Waals surface area contributed by atoms with Crippen LogP contribution >= 0.6 is 11.6 Å². The first-order valence-corrected chi connectivity index (χ1v) is 5.16. The monoisotopic (exact) mass is 215 g/mol. The minimum absolute atomic E-state index is 0.247. The summed E-state index contributed by atoms with van der Waals surface area (Å²) in [5.74, 6) is 0.100. The molecular weight excluding hydrogens is 201 g/mol. The summed E-state index contributed by atoms with van der Waals surface area (Å²) >= 11 is 5.83. The van der Waals surface area contributed by atoms with Crippen LogP contribution in [0.5, 0.6) is 0 Å². The van der Waals surface area contributed by atoms with Gasteiger partial charge >= 0.3 is 0 Å². The Morgan fingerprint density at radius 2 is 2.21 bits per heavy atom. The van der Waals surface area contributed by atoms with Crippen LogP contribution in [-0.4, -0.2) is 6.54 Å². The highest BCUT2D eigenvalue weighted by atomic mass is 35.5. The van der Waals surface area contributed by atoms with Gasteiger partial charge in [0.25, 0.3) is 0 Å². The standard InChI is InChI=1S/C11H15ClFN/c1-8(5-6-14)7-9-3-2-4-10(13)11(9)12/h2-4,8H,5-7,14H2,1H3. The molecule has 0 fully saturated rings. The molecule has 2 N–H and O–H groups in total. The fourth-order valence-electron chi connectivity index (χ4n) is 1.47. The van der Waals surface area contributed by atoms with E-state index in [0.717, 1.165) is 18.4 Å². The molecule has 0 aliphatic rings. The molecule has 1 aromatic rings. The zero-order valence-electron chi connectivity index (χ0n) is 8.26. The van der Waals surface area contributed by atoms with Gasteiger partial charge in [0.1, 0.15) is 5.82 Å². The largest absolute Gasteiger partial charge is 0.330 e. The Morgan fingerprint density at radius 3 is 2.86 bits per heavy atom. The Morgan fingerprint density at radius 1 is 1.50 bits per heavy atom. The summed E-state index contributed by atoms with van der Waals surface area (Å²) in [4.78, 5) is 0. The minimum Gasteiger partial charge on any atom is -0.330 e. The molecule has 0 heterocycles. The average molecular weight is 216 g/mol. The molecule has 0 radical (unpaired) electrons. The summed E-state index contributed by atoms with van der Waals surface area (Å²) in [7, 11) is 0. The first-order valence-electron chi connectivity index (χ1n) is 4.78. The molecule has 0 aliphatic heterocycles. The van der Waals surface area contributed by atoms with E-state index in [2.05, 4.69) is 6.92 Å². The third-order valence-corrected chi connectivity index (χ3v) is 2.68. The van der Waals surface area contributed by atoms with E-state index < -0.39 is 0 Å². The summed E-state index contributed by atoms with van der Waals surface area (Å²) in [5.41, 5.74) is 6.31. The van der Waals surface area contributed by atoms with Crippen LogP contribution in [0, 0.1) is 11.7 Å². The van der Waals surface area contributed by atoms with Crippen molar-refractivity contribution in [2.75, 3.05) is 6.54 Å². The van der Waals surface area contributed by atoms with Gasteiger partial charge in [-0.3, -0.25) is 0 Å². The van der Waals surface area contributed by atoms with Crippen molar-refractivity contribution in [2.24, 2.45) is 11.7 Å². The van der Waals surface area contributed by atoms with Crippen LogP contribution in [0.4, 0.5) is 4.39 Å². The fraction of sp³-hybridized carbons (Fsp3) is 0.455. The predicted octanol–water partition coefficient (Wildman–Crippen LogP) is 3.01. The Labute approximate surface area is 89.1 Å². The van der Waals surface area contributed by atoms with Gasteiger partial charge in [-0.1, -0.05) is 30.7 Å². The van der Waals surface area contributed by atoms with Gasteiger partial charge in [-0.05, 0) is 36.9 Å². The van der Waals surface area contributed by atoms with Gasteiger partial charge in [0, 0.05) is 0 Å². The number of rotatable bonds is 4. The van der Waals surface area contributed by atoms with E-state index in [0.29, 0.717) is 12.5 Å². The zero-order valence-corrected chi connectivity index (χ0v) is 9.02. The maximum Gasteiger partial charge on any atom is 0.142 e. The molecule has 1 nitrogen and oxygen atoms in total. The lowest BCUT2D eigenvalue weighted by molar-refractivity contribution is 0.535. The zero-order chi connectivity index (χ0) is 10.6. The van der Waals surface area contributed by atoms with E-state index in [-0.39, 0.29) is 10.8 Å². The molecule has 0 bridgehead atoms. The highest BCUT2D eigenvalue weighted by Gasteiger charge is 2.08. The molecule has 0 saturated carbocycles. The van der Waals surface area contributed by atoms with Crippen LogP contribution < -0.4 is 5.73 Å². The molecule has 0 saturated heterocycles. The Hall–Kier alpha value is -0.600. The number of nitrogens with two attached hydrogens (primary N) is 1. The topological polar surface area (TPSA) is 26.0 Å². The molecule has 1 unspecified atom stereocenters. The van der Waals surface area contributed by atoms with E-state index in [1.165, 1.54) is 6.07 Å². The molecule has 0 aromatic heterocycles. The van der Waals surface area contributed by atoms with Crippen molar-refractivity contribution in [1.29, 1.82) is 0 Å². The number of halogens is 2. The van der Waals surface area contributed by atoms with Crippen molar-refractivity contribution in [3.63, 3.8) is 0 Å². The van der Waals surface area contributed by atoms with Crippen molar-refractivity contribution in [3.8, 4) is 0 Å². The van der Waals surface area contributed by atoms with Crippen LogP contribution in [0.1, 0.15) is 18.9 Å². The minimum atomic E-state index is -0.343. The molecule has 0 aliphatic carbocycles. The molecule has 14 heavy (non-hydrogen) atoms. The molecule has 0 amide bonds. The fourth-order valence-corrected chi connectivity index (χ4v) is 1.67. The molecule has 0 spiro atoms. The number of benzene rings is 1. The van der Waals surface area contributed by atoms with Crippen LogP contribution in [0.15, 0.2) is 18.2 Å². The normalized spacial score (nSPS) is 12.9. The van der Waals surface area contributed by atoms with Crippen molar-refractivity contribution in [2.45, 2.75) is 19.8 Å². The molecule has 3 heteroatoms. The first kappa shape index (κ1) is 11.5. The van der Waals surface area contributed by atoms with Crippen molar-refractivity contribution < 1.29 is 4.39 Å². The van der Waals surface area contributed by atoms with Gasteiger partial charge in [-0.25, -0.2) is 4.39 Å². The second-order valence-corrected chi connectivity index (χ2v) is 3.98. The van der Waals surface area contributed by atoms with Gasteiger partial charge in [-0.2, -0.15) is 0 Å².